The van der Waals surface area contributed by atoms with Crippen molar-refractivity contribution >= 4 is 0 Å². The van der Waals surface area contributed by atoms with Crippen molar-refractivity contribution in [2.45, 2.75) is 58.4 Å². The van der Waals surface area contributed by atoms with E-state index in [1.165, 1.54) is 31.4 Å². The molecule has 0 aliphatic carbocycles. The Bertz CT molecular complexity index is 359. The van der Waals surface area contributed by atoms with Crippen molar-refractivity contribution < 1.29 is 8.78 Å². The quantitative estimate of drug-likeness (QED) is 0.741. The maximum absolute atomic E-state index is 13.1. The van der Waals surface area contributed by atoms with Crippen LogP contribution in [0, 0.1) is 17.6 Å². The Kier molecular flexibility index (Phi) is 7.00. The van der Waals surface area contributed by atoms with E-state index in [-0.39, 0.29) is 6.04 Å². The molecular weight excluding hydrogens is 244 g/mol. The monoisotopic (exact) mass is 269 g/mol. The smallest absolute Gasteiger partial charge is 0.126 e. The predicted octanol–water partition coefficient (Wildman–Crippen LogP) is 4.44. The predicted molar refractivity (Wildman–Crippen MR) is 76.0 cm³/mol. The van der Waals surface area contributed by atoms with E-state index in [1.807, 2.05) is 0 Å². The number of benzene rings is 1. The van der Waals surface area contributed by atoms with Gasteiger partial charge >= 0.3 is 0 Å². The van der Waals surface area contributed by atoms with E-state index in [9.17, 15) is 8.78 Å². The lowest BCUT2D eigenvalue weighted by Gasteiger charge is -2.19. The Morgan fingerprint density at radius 1 is 1.11 bits per heavy atom. The molecule has 2 atom stereocenters. The van der Waals surface area contributed by atoms with Crippen molar-refractivity contribution in [2.24, 2.45) is 11.7 Å². The number of hydrogen-bond donors (Lipinski definition) is 1. The second-order valence-corrected chi connectivity index (χ2v) is 5.39. The van der Waals surface area contributed by atoms with Crippen LogP contribution in [0.5, 0.6) is 0 Å². The molecule has 0 saturated heterocycles. The van der Waals surface area contributed by atoms with Crippen molar-refractivity contribution in [3.8, 4) is 0 Å². The summed E-state index contributed by atoms with van der Waals surface area (Å²) < 4.78 is 26.2. The Morgan fingerprint density at radius 2 is 1.74 bits per heavy atom. The molecule has 2 N–H and O–H groups in total. The van der Waals surface area contributed by atoms with E-state index in [4.69, 9.17) is 5.73 Å². The number of hydrogen-bond acceptors (Lipinski definition) is 1. The third-order valence-corrected chi connectivity index (χ3v) is 3.60. The minimum absolute atomic E-state index is 0.0250. The molecule has 0 aromatic heterocycles. The minimum atomic E-state index is -0.528. The summed E-state index contributed by atoms with van der Waals surface area (Å²) >= 11 is 0. The zero-order chi connectivity index (χ0) is 14.3. The molecule has 2 unspecified atom stereocenters. The van der Waals surface area contributed by atoms with Gasteiger partial charge in [-0.05, 0) is 36.5 Å². The number of unbranched alkanes of at least 4 members (excludes halogenated alkanes) is 1. The van der Waals surface area contributed by atoms with E-state index in [2.05, 4.69) is 13.8 Å². The van der Waals surface area contributed by atoms with Gasteiger partial charge in [0.05, 0.1) is 0 Å². The molecule has 1 aromatic rings. The van der Waals surface area contributed by atoms with Gasteiger partial charge in [-0.15, -0.1) is 0 Å². The van der Waals surface area contributed by atoms with Crippen molar-refractivity contribution in [3.63, 3.8) is 0 Å². The molecule has 1 rings (SSSR count). The lowest BCUT2D eigenvalue weighted by Crippen LogP contribution is -2.26. The topological polar surface area (TPSA) is 26.0 Å². The molecular formula is C16H25F2N. The van der Waals surface area contributed by atoms with Crippen LogP contribution in [-0.4, -0.2) is 6.04 Å². The van der Waals surface area contributed by atoms with Crippen molar-refractivity contribution in [3.05, 3.63) is 35.4 Å². The second kappa shape index (κ2) is 8.26. The fraction of sp³-hybridized carbons (Fsp3) is 0.625. The molecule has 0 aliphatic rings. The highest BCUT2D eigenvalue weighted by atomic mass is 19.1. The first-order chi connectivity index (χ1) is 9.05. The van der Waals surface area contributed by atoms with Gasteiger partial charge in [-0.2, -0.15) is 0 Å². The Balaban J connectivity index is 2.51. The number of halogens is 2. The first-order valence-electron chi connectivity index (χ1n) is 7.25. The third kappa shape index (κ3) is 6.15. The first kappa shape index (κ1) is 16.1. The van der Waals surface area contributed by atoms with Gasteiger partial charge in [-0.25, -0.2) is 8.78 Å². The van der Waals surface area contributed by atoms with Gasteiger partial charge in [0, 0.05) is 12.1 Å². The highest BCUT2D eigenvalue weighted by Gasteiger charge is 2.13. The van der Waals surface area contributed by atoms with Crippen LogP contribution in [0.2, 0.25) is 0 Å². The first-order valence-corrected chi connectivity index (χ1v) is 7.25. The van der Waals surface area contributed by atoms with Crippen LogP contribution in [0.3, 0.4) is 0 Å². The minimum Gasteiger partial charge on any atom is -0.327 e. The van der Waals surface area contributed by atoms with Gasteiger partial charge < -0.3 is 5.73 Å². The van der Waals surface area contributed by atoms with Crippen molar-refractivity contribution in [1.29, 1.82) is 0 Å². The van der Waals surface area contributed by atoms with Crippen LogP contribution in [0.25, 0.3) is 0 Å². The van der Waals surface area contributed by atoms with E-state index >= 15 is 0 Å². The van der Waals surface area contributed by atoms with E-state index in [0.29, 0.717) is 17.9 Å². The van der Waals surface area contributed by atoms with Crippen LogP contribution in [0.4, 0.5) is 8.78 Å². The molecule has 0 bridgehead atoms. The highest BCUT2D eigenvalue weighted by molar-refractivity contribution is 5.18. The van der Waals surface area contributed by atoms with Crippen LogP contribution < -0.4 is 5.73 Å². The van der Waals surface area contributed by atoms with E-state index in [0.717, 1.165) is 18.9 Å². The molecule has 1 aromatic carbocycles. The van der Waals surface area contributed by atoms with Gasteiger partial charge in [0.2, 0.25) is 0 Å². The molecule has 0 fully saturated rings. The standard InChI is InChI=1S/C16H25F2N/c1-3-5-6-12(4-2)9-16(19)10-13-7-14(17)11-15(18)8-13/h7-8,11-12,16H,3-6,9-10,19H2,1-2H3. The highest BCUT2D eigenvalue weighted by Crippen LogP contribution is 2.20. The average molecular weight is 269 g/mol. The lowest BCUT2D eigenvalue weighted by molar-refractivity contribution is 0.382. The van der Waals surface area contributed by atoms with Gasteiger partial charge in [0.1, 0.15) is 11.6 Å². The van der Waals surface area contributed by atoms with E-state index < -0.39 is 11.6 Å². The summed E-state index contributed by atoms with van der Waals surface area (Å²) in [5.74, 6) is -0.436. The molecule has 3 heteroatoms. The van der Waals surface area contributed by atoms with Crippen LogP contribution in [0.1, 0.15) is 51.5 Å². The molecule has 0 heterocycles. The molecule has 0 amide bonds. The summed E-state index contributed by atoms with van der Waals surface area (Å²) in [4.78, 5) is 0. The molecule has 0 aliphatic heterocycles. The Hall–Kier alpha value is -0.960. The Morgan fingerprint density at radius 3 is 2.26 bits per heavy atom. The number of nitrogens with two attached hydrogens (primary N) is 1. The molecule has 0 saturated carbocycles. The van der Waals surface area contributed by atoms with Crippen LogP contribution in [0.15, 0.2) is 18.2 Å². The fourth-order valence-electron chi connectivity index (χ4n) is 2.52. The molecule has 0 radical (unpaired) electrons. The van der Waals surface area contributed by atoms with Gasteiger partial charge in [-0.3, -0.25) is 0 Å². The van der Waals surface area contributed by atoms with Gasteiger partial charge in [-0.1, -0.05) is 39.5 Å². The summed E-state index contributed by atoms with van der Waals surface area (Å²) in [6.45, 7) is 4.36. The zero-order valence-electron chi connectivity index (χ0n) is 12.0. The molecule has 0 spiro atoms. The van der Waals surface area contributed by atoms with Crippen LogP contribution >= 0.6 is 0 Å². The van der Waals surface area contributed by atoms with Crippen LogP contribution in [-0.2, 0) is 6.42 Å². The van der Waals surface area contributed by atoms with E-state index in [1.54, 1.807) is 0 Å². The van der Waals surface area contributed by atoms with Crippen molar-refractivity contribution in [1.82, 2.24) is 0 Å². The summed E-state index contributed by atoms with van der Waals surface area (Å²) in [6, 6.07) is 3.61. The fourth-order valence-corrected chi connectivity index (χ4v) is 2.52. The summed E-state index contributed by atoms with van der Waals surface area (Å²) in [5, 5.41) is 0. The maximum atomic E-state index is 13.1. The lowest BCUT2D eigenvalue weighted by atomic mass is 9.90. The second-order valence-electron chi connectivity index (χ2n) is 5.39. The molecule has 108 valence electrons. The van der Waals surface area contributed by atoms with Gasteiger partial charge in [0.15, 0.2) is 0 Å². The average Bonchev–Trinajstić information content (AvgIpc) is 2.33. The van der Waals surface area contributed by atoms with Gasteiger partial charge in [0.25, 0.3) is 0 Å². The largest absolute Gasteiger partial charge is 0.327 e. The zero-order valence-corrected chi connectivity index (χ0v) is 12.0. The molecule has 19 heavy (non-hydrogen) atoms. The molecule has 1 nitrogen and oxygen atoms in total. The Labute approximate surface area is 115 Å². The summed E-state index contributed by atoms with van der Waals surface area (Å²) in [7, 11) is 0. The summed E-state index contributed by atoms with van der Waals surface area (Å²) in [6.07, 6.45) is 6.19. The normalized spacial score (nSPS) is 14.4. The third-order valence-electron chi connectivity index (χ3n) is 3.60. The summed E-state index contributed by atoms with van der Waals surface area (Å²) in [5.41, 5.74) is 6.76. The SMILES string of the molecule is CCCCC(CC)CC(N)Cc1cc(F)cc(F)c1. The maximum Gasteiger partial charge on any atom is 0.126 e. The number of rotatable bonds is 8. The van der Waals surface area contributed by atoms with Crippen molar-refractivity contribution in [2.75, 3.05) is 0 Å².